The summed E-state index contributed by atoms with van der Waals surface area (Å²) in [5.74, 6) is 1.15. The Bertz CT molecular complexity index is 815. The fourth-order valence-corrected chi connectivity index (χ4v) is 4.56. The summed E-state index contributed by atoms with van der Waals surface area (Å²) in [5.41, 5.74) is 1.92. The molecule has 5 heterocycles. The van der Waals surface area contributed by atoms with Crippen LogP contribution < -0.4 is 5.32 Å². The zero-order chi connectivity index (χ0) is 14.7. The molecule has 2 atom stereocenters. The fourth-order valence-electron chi connectivity index (χ4n) is 3.77. The Hall–Kier alpha value is -2.15. The summed E-state index contributed by atoms with van der Waals surface area (Å²) < 4.78 is 7.25. The summed E-state index contributed by atoms with van der Waals surface area (Å²) in [4.78, 5) is 15.5. The van der Waals surface area contributed by atoms with Crippen LogP contribution in [0.3, 0.4) is 0 Å². The maximum atomic E-state index is 6.22. The van der Waals surface area contributed by atoms with Crippen LogP contribution in [0.2, 0.25) is 0 Å². The van der Waals surface area contributed by atoms with E-state index in [0.29, 0.717) is 18.5 Å². The molecule has 6 nitrogen and oxygen atoms in total. The fraction of sp³-hybridized carbons (Fsp3) is 0.400. The van der Waals surface area contributed by atoms with Gasteiger partial charge in [-0.3, -0.25) is 5.32 Å². The van der Waals surface area contributed by atoms with Crippen molar-refractivity contribution in [1.29, 1.82) is 0 Å². The van der Waals surface area contributed by atoms with Crippen molar-refractivity contribution < 1.29 is 4.74 Å². The molecule has 22 heavy (non-hydrogen) atoms. The quantitative estimate of drug-likeness (QED) is 0.873. The lowest BCUT2D eigenvalue weighted by Crippen LogP contribution is -2.46. The van der Waals surface area contributed by atoms with Crippen LogP contribution >= 0.6 is 11.3 Å². The van der Waals surface area contributed by atoms with E-state index in [1.54, 1.807) is 17.7 Å². The third-order valence-electron chi connectivity index (χ3n) is 4.85. The minimum atomic E-state index is -0.223. The maximum Gasteiger partial charge on any atom is 0.291 e. The molecule has 2 aromatic rings. The van der Waals surface area contributed by atoms with Crippen molar-refractivity contribution in [2.45, 2.75) is 12.0 Å². The van der Waals surface area contributed by atoms with Crippen LogP contribution in [0, 0.1) is 5.92 Å². The number of nitrogens with zero attached hydrogens (tertiary/aromatic N) is 4. The summed E-state index contributed by atoms with van der Waals surface area (Å²) >= 11 is 1.61. The first-order chi connectivity index (χ1) is 10.8. The van der Waals surface area contributed by atoms with E-state index in [0.717, 1.165) is 35.5 Å². The van der Waals surface area contributed by atoms with Crippen LogP contribution in [0.1, 0.15) is 6.42 Å². The van der Waals surface area contributed by atoms with Crippen LogP contribution in [0.15, 0.2) is 35.0 Å². The lowest BCUT2D eigenvalue weighted by molar-refractivity contribution is 0.0370. The highest BCUT2D eigenvalue weighted by Crippen LogP contribution is 2.47. The van der Waals surface area contributed by atoms with Crippen molar-refractivity contribution in [3.63, 3.8) is 0 Å². The topological polar surface area (TPSA) is 62.6 Å². The van der Waals surface area contributed by atoms with Gasteiger partial charge < -0.3 is 9.64 Å². The van der Waals surface area contributed by atoms with Gasteiger partial charge in [0.05, 0.1) is 23.3 Å². The predicted molar refractivity (Wildman–Crippen MR) is 86.0 cm³/mol. The molecular weight excluding hydrogens is 298 g/mol. The van der Waals surface area contributed by atoms with E-state index >= 15 is 0 Å². The Morgan fingerprint density at radius 3 is 3.23 bits per heavy atom. The minimum absolute atomic E-state index is 0.223. The molecule has 2 aromatic heterocycles. The van der Waals surface area contributed by atoms with Gasteiger partial charge in [-0.15, -0.1) is 11.3 Å². The third-order valence-corrected chi connectivity index (χ3v) is 5.76. The normalized spacial score (nSPS) is 29.5. The van der Waals surface area contributed by atoms with Gasteiger partial charge in [0.15, 0.2) is 11.4 Å². The standard InChI is InChI=1S/C15H15N5OS/c1-9-10-2-4-20(9)7-15(10)6-16-14(21-15)19-13-12-11(3-5-22-12)17-8-18-13/h3,5,8,10H,1-2,4,6-7H2,(H,16,17,18,19). The van der Waals surface area contributed by atoms with Crippen molar-refractivity contribution in [2.24, 2.45) is 10.9 Å². The highest BCUT2D eigenvalue weighted by atomic mass is 32.1. The number of thiophene rings is 1. The summed E-state index contributed by atoms with van der Waals surface area (Å²) in [5, 5.41) is 5.24. The second-order valence-corrected chi connectivity index (χ2v) is 6.94. The Labute approximate surface area is 131 Å². The van der Waals surface area contributed by atoms with Crippen molar-refractivity contribution in [3.8, 4) is 0 Å². The monoisotopic (exact) mass is 313 g/mol. The smallest absolute Gasteiger partial charge is 0.291 e. The molecule has 1 N–H and O–H groups in total. The van der Waals surface area contributed by atoms with Crippen LogP contribution in [-0.2, 0) is 4.74 Å². The Morgan fingerprint density at radius 2 is 2.41 bits per heavy atom. The van der Waals surface area contributed by atoms with Crippen LogP contribution in [0.4, 0.5) is 5.82 Å². The summed E-state index contributed by atoms with van der Waals surface area (Å²) in [7, 11) is 0. The van der Waals surface area contributed by atoms with E-state index in [4.69, 9.17) is 4.74 Å². The number of fused-ring (bicyclic) bond motifs is 4. The lowest BCUT2D eigenvalue weighted by Gasteiger charge is -2.31. The average molecular weight is 313 g/mol. The molecule has 0 saturated carbocycles. The van der Waals surface area contributed by atoms with Gasteiger partial charge in [0, 0.05) is 18.2 Å². The molecular formula is C15H15N5OS. The maximum absolute atomic E-state index is 6.22. The molecule has 2 bridgehead atoms. The van der Waals surface area contributed by atoms with Crippen LogP contribution in [-0.4, -0.2) is 46.1 Å². The van der Waals surface area contributed by atoms with Crippen LogP contribution in [0.5, 0.6) is 0 Å². The van der Waals surface area contributed by atoms with Gasteiger partial charge in [0.1, 0.15) is 6.33 Å². The molecule has 0 radical (unpaired) electrons. The number of aliphatic imine (C=N–C) groups is 1. The molecule has 5 rings (SSSR count). The minimum Gasteiger partial charge on any atom is -0.454 e. The van der Waals surface area contributed by atoms with Gasteiger partial charge in [-0.25, -0.2) is 15.0 Å². The lowest BCUT2D eigenvalue weighted by atomic mass is 9.86. The number of hydrogen-bond acceptors (Lipinski definition) is 7. The molecule has 0 aliphatic carbocycles. The van der Waals surface area contributed by atoms with Gasteiger partial charge in [-0.05, 0) is 17.9 Å². The van der Waals surface area contributed by atoms with Crippen LogP contribution in [0.25, 0.3) is 10.2 Å². The summed E-state index contributed by atoms with van der Waals surface area (Å²) in [6, 6.07) is 2.55. The number of anilines is 1. The molecule has 2 saturated heterocycles. The highest BCUT2D eigenvalue weighted by molar-refractivity contribution is 7.17. The Kier molecular flexibility index (Phi) is 2.36. The molecule has 0 aromatic carbocycles. The number of nitrogens with one attached hydrogen (secondary N) is 1. The van der Waals surface area contributed by atoms with Crippen molar-refractivity contribution in [2.75, 3.05) is 25.0 Å². The number of amidine groups is 1. The van der Waals surface area contributed by atoms with Gasteiger partial charge in [-0.1, -0.05) is 6.58 Å². The van der Waals surface area contributed by atoms with E-state index in [1.165, 1.54) is 5.70 Å². The van der Waals surface area contributed by atoms with Gasteiger partial charge in [-0.2, -0.15) is 0 Å². The second-order valence-electron chi connectivity index (χ2n) is 6.02. The zero-order valence-electron chi connectivity index (χ0n) is 12.0. The summed E-state index contributed by atoms with van der Waals surface area (Å²) in [6.45, 7) is 6.87. The largest absolute Gasteiger partial charge is 0.454 e. The molecule has 1 spiro atoms. The Balaban J connectivity index is 1.40. The van der Waals surface area contributed by atoms with E-state index in [2.05, 4.69) is 31.8 Å². The molecule has 112 valence electrons. The summed E-state index contributed by atoms with van der Waals surface area (Å²) in [6.07, 6.45) is 2.68. The highest BCUT2D eigenvalue weighted by Gasteiger charge is 2.56. The zero-order valence-corrected chi connectivity index (χ0v) is 12.8. The second kappa shape index (κ2) is 4.19. The van der Waals surface area contributed by atoms with E-state index in [9.17, 15) is 0 Å². The first kappa shape index (κ1) is 12.4. The predicted octanol–water partition coefficient (Wildman–Crippen LogP) is 2.08. The molecule has 7 heteroatoms. The number of piperidine rings is 1. The van der Waals surface area contributed by atoms with Gasteiger partial charge in [0.2, 0.25) is 0 Å². The van der Waals surface area contributed by atoms with E-state index in [-0.39, 0.29) is 5.60 Å². The number of aromatic nitrogens is 2. The van der Waals surface area contributed by atoms with Gasteiger partial charge in [0.25, 0.3) is 6.02 Å². The first-order valence-electron chi connectivity index (χ1n) is 7.38. The number of hydrogen-bond donors (Lipinski definition) is 1. The van der Waals surface area contributed by atoms with Crippen molar-refractivity contribution in [3.05, 3.63) is 30.0 Å². The third kappa shape index (κ3) is 1.57. The molecule has 3 aliphatic rings. The first-order valence-corrected chi connectivity index (χ1v) is 8.26. The molecule has 3 aliphatic heterocycles. The molecule has 2 fully saturated rings. The Morgan fingerprint density at radius 1 is 1.45 bits per heavy atom. The number of ether oxygens (including phenoxy) is 1. The van der Waals surface area contributed by atoms with Gasteiger partial charge >= 0.3 is 0 Å². The average Bonchev–Trinajstić information content (AvgIpc) is 3.26. The van der Waals surface area contributed by atoms with E-state index in [1.807, 2.05) is 11.4 Å². The van der Waals surface area contributed by atoms with Crippen molar-refractivity contribution in [1.82, 2.24) is 14.9 Å². The molecule has 0 amide bonds. The van der Waals surface area contributed by atoms with Crippen molar-refractivity contribution >= 4 is 33.4 Å². The molecule has 2 unspecified atom stereocenters. The van der Waals surface area contributed by atoms with E-state index < -0.39 is 0 Å². The SMILES string of the molecule is C=C1C2CCN1CC21CN=C(Nc2ncnc3ccsc23)O1. The number of rotatable bonds is 1.